The summed E-state index contributed by atoms with van der Waals surface area (Å²) in [6.45, 7) is 1.35. The Balaban J connectivity index is 2.74. The van der Waals surface area contributed by atoms with Gasteiger partial charge in [-0.2, -0.15) is 0 Å². The highest BCUT2D eigenvalue weighted by molar-refractivity contribution is 5.84. The number of carboxylic acids is 2. The average molecular weight is 258 g/mol. The molecule has 1 fully saturated rings. The molecule has 0 aromatic rings. The number of amides is 2. The van der Waals surface area contributed by atoms with Crippen molar-refractivity contribution < 1.29 is 24.6 Å². The molecule has 7 nitrogen and oxygen atoms in total. The summed E-state index contributed by atoms with van der Waals surface area (Å²) in [4.78, 5) is 35.9. The summed E-state index contributed by atoms with van der Waals surface area (Å²) in [6, 6.07) is -0.410. The first-order valence-electron chi connectivity index (χ1n) is 5.94. The molecule has 2 N–H and O–H groups in total. The molecule has 0 aliphatic carbocycles. The maximum absolute atomic E-state index is 12.1. The van der Waals surface area contributed by atoms with E-state index in [9.17, 15) is 14.4 Å². The molecule has 0 aromatic carbocycles. The zero-order valence-electron chi connectivity index (χ0n) is 10.3. The molecule has 1 heterocycles. The predicted octanol–water partition coefficient (Wildman–Crippen LogP) is 0.452. The van der Waals surface area contributed by atoms with Gasteiger partial charge in [-0.3, -0.25) is 9.59 Å². The van der Waals surface area contributed by atoms with Gasteiger partial charge in [-0.25, -0.2) is 4.79 Å². The molecule has 0 saturated carbocycles. The Kier molecular flexibility index (Phi) is 4.94. The number of urea groups is 1. The zero-order chi connectivity index (χ0) is 13.7. The molecule has 1 atom stereocenters. The van der Waals surface area contributed by atoms with Crippen LogP contribution in [0.1, 0.15) is 26.2 Å². The van der Waals surface area contributed by atoms with Gasteiger partial charge in [-0.1, -0.05) is 6.92 Å². The molecule has 18 heavy (non-hydrogen) atoms. The van der Waals surface area contributed by atoms with Crippen LogP contribution >= 0.6 is 0 Å². The number of carbonyl (C=O) groups excluding carboxylic acids is 1. The molecule has 0 bridgehead atoms. The van der Waals surface area contributed by atoms with Gasteiger partial charge in [0, 0.05) is 12.6 Å². The van der Waals surface area contributed by atoms with E-state index in [1.807, 2.05) is 6.92 Å². The molecule has 0 aromatic heterocycles. The largest absolute Gasteiger partial charge is 0.480 e. The van der Waals surface area contributed by atoms with E-state index in [0.717, 1.165) is 24.2 Å². The van der Waals surface area contributed by atoms with E-state index in [-0.39, 0.29) is 6.04 Å². The lowest BCUT2D eigenvalue weighted by Crippen LogP contribution is -2.48. The minimum atomic E-state index is -1.21. The van der Waals surface area contributed by atoms with Gasteiger partial charge in [0.05, 0.1) is 0 Å². The van der Waals surface area contributed by atoms with Crippen molar-refractivity contribution in [2.24, 2.45) is 0 Å². The topological polar surface area (TPSA) is 98.2 Å². The first-order valence-corrected chi connectivity index (χ1v) is 5.94. The molecule has 1 aliphatic rings. The van der Waals surface area contributed by atoms with Crippen LogP contribution in [0.2, 0.25) is 0 Å². The van der Waals surface area contributed by atoms with E-state index in [1.165, 1.54) is 0 Å². The van der Waals surface area contributed by atoms with E-state index < -0.39 is 31.1 Å². The molecular weight excluding hydrogens is 240 g/mol. The number of carbonyl (C=O) groups is 3. The highest BCUT2D eigenvalue weighted by Gasteiger charge is 2.32. The average Bonchev–Trinajstić information content (AvgIpc) is 2.73. The van der Waals surface area contributed by atoms with Crippen LogP contribution in [0.25, 0.3) is 0 Å². The van der Waals surface area contributed by atoms with E-state index in [1.54, 1.807) is 4.90 Å². The first-order chi connectivity index (χ1) is 8.45. The van der Waals surface area contributed by atoms with Crippen LogP contribution < -0.4 is 0 Å². The fourth-order valence-electron chi connectivity index (χ4n) is 2.21. The Morgan fingerprint density at radius 3 is 2.22 bits per heavy atom. The molecule has 0 spiro atoms. The van der Waals surface area contributed by atoms with Gasteiger partial charge >= 0.3 is 18.0 Å². The lowest BCUT2D eigenvalue weighted by atomic mass is 10.2. The van der Waals surface area contributed by atoms with Crippen molar-refractivity contribution in [2.75, 3.05) is 19.6 Å². The van der Waals surface area contributed by atoms with Crippen LogP contribution in [-0.2, 0) is 9.59 Å². The number of aliphatic carboxylic acids is 2. The molecule has 1 rings (SSSR count). The van der Waals surface area contributed by atoms with Crippen LogP contribution in [-0.4, -0.2) is 63.7 Å². The Morgan fingerprint density at radius 2 is 1.78 bits per heavy atom. The van der Waals surface area contributed by atoms with Gasteiger partial charge in [0.1, 0.15) is 13.1 Å². The normalized spacial score (nSPS) is 18.7. The van der Waals surface area contributed by atoms with E-state index in [4.69, 9.17) is 10.2 Å². The Hall–Kier alpha value is -1.79. The summed E-state index contributed by atoms with van der Waals surface area (Å²) in [6.07, 6.45) is 2.55. The fraction of sp³-hybridized carbons (Fsp3) is 0.727. The standard InChI is InChI=1S/C11H18N2O5/c1-2-8-4-3-5-13(8)11(18)12(6-9(14)15)7-10(16)17/h8H,2-7H2,1H3,(H,14,15)(H,16,17). The highest BCUT2D eigenvalue weighted by Crippen LogP contribution is 2.21. The quantitative estimate of drug-likeness (QED) is 0.746. The fourth-order valence-corrected chi connectivity index (χ4v) is 2.21. The number of likely N-dealkylation sites (tertiary alicyclic amines) is 1. The summed E-state index contributed by atoms with van der Waals surface area (Å²) in [5, 5.41) is 17.4. The molecule has 1 saturated heterocycles. The third kappa shape index (κ3) is 3.61. The monoisotopic (exact) mass is 258 g/mol. The lowest BCUT2D eigenvalue weighted by Gasteiger charge is -2.29. The Bertz CT molecular complexity index is 328. The van der Waals surface area contributed by atoms with Gasteiger partial charge in [0.25, 0.3) is 0 Å². The van der Waals surface area contributed by atoms with Crippen molar-refractivity contribution >= 4 is 18.0 Å². The predicted molar refractivity (Wildman–Crippen MR) is 62.3 cm³/mol. The Morgan fingerprint density at radius 1 is 1.22 bits per heavy atom. The number of rotatable bonds is 5. The second-order valence-corrected chi connectivity index (χ2v) is 4.32. The summed E-state index contributed by atoms with van der Waals surface area (Å²) in [5.41, 5.74) is 0. The SMILES string of the molecule is CCC1CCCN1C(=O)N(CC(=O)O)CC(=O)O. The maximum atomic E-state index is 12.1. The molecule has 1 aliphatic heterocycles. The number of hydrogen-bond donors (Lipinski definition) is 2. The van der Waals surface area contributed by atoms with E-state index >= 15 is 0 Å². The van der Waals surface area contributed by atoms with Gasteiger partial charge in [-0.05, 0) is 19.3 Å². The second kappa shape index (κ2) is 6.23. The molecule has 0 radical (unpaired) electrons. The molecule has 2 amide bonds. The zero-order valence-corrected chi connectivity index (χ0v) is 10.3. The van der Waals surface area contributed by atoms with Crippen molar-refractivity contribution in [1.29, 1.82) is 0 Å². The van der Waals surface area contributed by atoms with E-state index in [2.05, 4.69) is 0 Å². The second-order valence-electron chi connectivity index (χ2n) is 4.32. The first kappa shape index (κ1) is 14.3. The molecule has 7 heteroatoms. The third-order valence-corrected chi connectivity index (χ3v) is 3.02. The minimum absolute atomic E-state index is 0.0857. The van der Waals surface area contributed by atoms with Gasteiger partial charge in [0.15, 0.2) is 0 Å². The van der Waals surface area contributed by atoms with Crippen LogP contribution in [0.5, 0.6) is 0 Å². The number of nitrogens with zero attached hydrogens (tertiary/aromatic N) is 2. The maximum Gasteiger partial charge on any atom is 0.323 e. The molecule has 102 valence electrons. The van der Waals surface area contributed by atoms with Gasteiger partial charge in [-0.15, -0.1) is 0 Å². The third-order valence-electron chi connectivity index (χ3n) is 3.02. The van der Waals surface area contributed by atoms with E-state index in [0.29, 0.717) is 6.54 Å². The van der Waals surface area contributed by atoms with Crippen LogP contribution in [0.3, 0.4) is 0 Å². The Labute approximate surface area is 105 Å². The van der Waals surface area contributed by atoms with Gasteiger partial charge < -0.3 is 20.0 Å². The van der Waals surface area contributed by atoms with Crippen LogP contribution in [0.15, 0.2) is 0 Å². The van der Waals surface area contributed by atoms with Crippen molar-refractivity contribution in [3.8, 4) is 0 Å². The van der Waals surface area contributed by atoms with Crippen molar-refractivity contribution in [1.82, 2.24) is 9.80 Å². The van der Waals surface area contributed by atoms with Crippen molar-refractivity contribution in [3.63, 3.8) is 0 Å². The molecule has 1 unspecified atom stereocenters. The summed E-state index contributed by atoms with van der Waals surface area (Å²) >= 11 is 0. The van der Waals surface area contributed by atoms with Crippen molar-refractivity contribution in [2.45, 2.75) is 32.2 Å². The number of hydrogen-bond acceptors (Lipinski definition) is 3. The molecular formula is C11H18N2O5. The number of carboxylic acid groups (broad SMARTS) is 2. The summed E-state index contributed by atoms with van der Waals surface area (Å²) in [7, 11) is 0. The van der Waals surface area contributed by atoms with Crippen molar-refractivity contribution in [3.05, 3.63) is 0 Å². The van der Waals surface area contributed by atoms with Crippen LogP contribution in [0, 0.1) is 0 Å². The smallest absolute Gasteiger partial charge is 0.323 e. The van der Waals surface area contributed by atoms with Crippen LogP contribution in [0.4, 0.5) is 4.79 Å². The summed E-state index contributed by atoms with van der Waals surface area (Å²) in [5.74, 6) is -2.42. The minimum Gasteiger partial charge on any atom is -0.480 e. The summed E-state index contributed by atoms with van der Waals surface area (Å²) < 4.78 is 0. The lowest BCUT2D eigenvalue weighted by molar-refractivity contribution is -0.140. The highest BCUT2D eigenvalue weighted by atomic mass is 16.4. The van der Waals surface area contributed by atoms with Gasteiger partial charge in [0.2, 0.25) is 0 Å².